The Labute approximate surface area is 313 Å². The summed E-state index contributed by atoms with van der Waals surface area (Å²) in [5, 5.41) is 54.5. The number of nitrogens with one attached hydrogen (secondary N) is 1. The Balaban J connectivity index is 1.96. The molecule has 2 fully saturated rings. The van der Waals surface area contributed by atoms with Crippen LogP contribution >= 0.6 is 0 Å². The molecule has 6 N–H and O–H groups in total. The van der Waals surface area contributed by atoms with Gasteiger partial charge in [0.25, 0.3) is 0 Å². The second kappa shape index (κ2) is 20.7. The van der Waals surface area contributed by atoms with Crippen molar-refractivity contribution in [2.75, 3.05) is 27.8 Å². The van der Waals surface area contributed by atoms with Gasteiger partial charge in [-0.25, -0.2) is 0 Å². The number of quaternary nitrogens is 1. The Morgan fingerprint density at radius 2 is 1.55 bits per heavy atom. The van der Waals surface area contributed by atoms with Crippen molar-refractivity contribution >= 4 is 18.0 Å². The van der Waals surface area contributed by atoms with Gasteiger partial charge in [0.05, 0.1) is 51.5 Å². The van der Waals surface area contributed by atoms with Crippen LogP contribution in [0.3, 0.4) is 0 Å². The molecule has 17 atom stereocenters. The molecule has 304 valence electrons. The number of hydrogen-bond acceptors (Lipinski definition) is 14. The average molecular weight is 759 g/mol. The quantitative estimate of drug-likeness (QED) is 0.123. The molecule has 15 heteroatoms. The molecule has 15 nitrogen and oxygen atoms in total. The molecule has 0 saturated carbocycles. The van der Waals surface area contributed by atoms with Crippen LogP contribution in [0.2, 0.25) is 0 Å². The van der Waals surface area contributed by atoms with Gasteiger partial charge in [0.2, 0.25) is 0 Å². The van der Waals surface area contributed by atoms with Gasteiger partial charge in [-0.05, 0) is 45.6 Å². The minimum absolute atomic E-state index is 0.0290. The molecule has 0 aromatic carbocycles. The molecule has 0 aliphatic carbocycles. The van der Waals surface area contributed by atoms with Gasteiger partial charge in [0, 0.05) is 31.3 Å². The van der Waals surface area contributed by atoms with Gasteiger partial charge in [-0.15, -0.1) is 0 Å². The lowest BCUT2D eigenvalue weighted by Crippen LogP contribution is -3.14. The number of aldehydes is 1. The lowest BCUT2D eigenvalue weighted by molar-refractivity contribution is -0.897. The Morgan fingerprint density at radius 3 is 2.15 bits per heavy atom. The number of carbonyl (C=O) groups excluding carboxylic acids is 3. The fourth-order valence-electron chi connectivity index (χ4n) is 7.60. The third-order valence-corrected chi connectivity index (χ3v) is 11.0. The van der Waals surface area contributed by atoms with E-state index in [1.54, 1.807) is 54.8 Å². The SMILES string of the molecule is CC[C@H]1OC(=O)C[C@@H](O)[C@H](C)[C@@H](O[C@@H]2O[C@H](C)[C@@H](O)[C@H]([NH+](C)C)[C@H]2O)[C@@H](CC=O)C[C@@H](C)C(=O)C=CC(C)=C[C@@H]1CO[C@@H]1O[C@H](C)[C@@H](O)[C@@H](O)[C@H]1OC. The minimum atomic E-state index is -1.32. The van der Waals surface area contributed by atoms with Gasteiger partial charge >= 0.3 is 5.97 Å². The number of aliphatic hydroxyl groups is 5. The van der Waals surface area contributed by atoms with Crippen LogP contribution in [-0.4, -0.2) is 151 Å². The number of ether oxygens (including phenoxy) is 6. The van der Waals surface area contributed by atoms with Gasteiger partial charge in [-0.2, -0.15) is 0 Å². The molecular formula is C38H64NO14+. The number of likely N-dealkylation sites (N-methyl/N-ethyl adjacent to an activating group) is 1. The predicted octanol–water partition coefficient (Wildman–Crippen LogP) is -0.509. The molecule has 0 radical (unpaired) electrons. The van der Waals surface area contributed by atoms with Gasteiger partial charge in [0.15, 0.2) is 24.5 Å². The number of aliphatic hydroxyl groups excluding tert-OH is 5. The third-order valence-electron chi connectivity index (χ3n) is 11.0. The number of methoxy groups -OCH3 is 1. The van der Waals surface area contributed by atoms with Crippen molar-refractivity contribution in [3.63, 3.8) is 0 Å². The molecule has 53 heavy (non-hydrogen) atoms. The summed E-state index contributed by atoms with van der Waals surface area (Å²) < 4.78 is 35.6. The maximum Gasteiger partial charge on any atom is 0.308 e. The van der Waals surface area contributed by atoms with E-state index in [1.807, 2.05) is 13.0 Å². The summed E-state index contributed by atoms with van der Waals surface area (Å²) >= 11 is 0. The summed E-state index contributed by atoms with van der Waals surface area (Å²) in [5.74, 6) is -3.46. The van der Waals surface area contributed by atoms with E-state index in [1.165, 1.54) is 13.2 Å². The van der Waals surface area contributed by atoms with Crippen molar-refractivity contribution in [3.8, 4) is 0 Å². The van der Waals surface area contributed by atoms with Crippen molar-refractivity contribution in [1.29, 1.82) is 0 Å². The molecule has 3 heterocycles. The first kappa shape index (κ1) is 45.2. The number of ketones is 1. The van der Waals surface area contributed by atoms with E-state index >= 15 is 0 Å². The number of esters is 1. The molecular weight excluding hydrogens is 694 g/mol. The third kappa shape index (κ3) is 11.7. The Kier molecular flexibility index (Phi) is 17.6. The number of allylic oxidation sites excluding steroid dienone is 3. The van der Waals surface area contributed by atoms with Crippen LogP contribution < -0.4 is 4.90 Å². The van der Waals surface area contributed by atoms with Gasteiger partial charge < -0.3 is 63.6 Å². The highest BCUT2D eigenvalue weighted by atomic mass is 16.7. The average Bonchev–Trinajstić information content (AvgIpc) is 3.10. The molecule has 2 saturated heterocycles. The molecule has 0 unspecified atom stereocenters. The lowest BCUT2D eigenvalue weighted by atomic mass is 9.79. The number of hydrogen-bond donors (Lipinski definition) is 6. The zero-order chi connectivity index (χ0) is 39.7. The van der Waals surface area contributed by atoms with Crippen molar-refractivity contribution < 1.29 is 73.2 Å². The van der Waals surface area contributed by atoms with Crippen molar-refractivity contribution in [1.82, 2.24) is 0 Å². The highest BCUT2D eigenvalue weighted by Crippen LogP contribution is 2.34. The number of carbonyl (C=O) groups is 3. The highest BCUT2D eigenvalue weighted by molar-refractivity contribution is 5.91. The smallest absolute Gasteiger partial charge is 0.308 e. The standard InChI is InChI=1S/C38H63NO14/c1-10-28-25(18-49-38-36(48-9)34(47)32(45)23(6)51-38)15-19(2)11-12-26(41)20(3)16-24(13-14-40)35(21(4)27(42)17-29(43)52-28)53-37-33(46)30(39(7)8)31(44)22(5)50-37/h11-12,14-15,20-25,27-28,30-38,42,44-47H,10,13,16-18H2,1-9H3/p+1/t20-,21+,22-,23-,24+,25-,27-,28-,30+,31-,32-,33-,34-,35-,36-,37+,38-/m1/s1. The topological polar surface area (TPSA) is 212 Å². The first-order chi connectivity index (χ1) is 24.9. The predicted molar refractivity (Wildman–Crippen MR) is 190 cm³/mol. The van der Waals surface area contributed by atoms with E-state index in [2.05, 4.69) is 0 Å². The minimum Gasteiger partial charge on any atom is -0.462 e. The zero-order valence-electron chi connectivity index (χ0n) is 32.6. The summed E-state index contributed by atoms with van der Waals surface area (Å²) in [7, 11) is 4.95. The molecule has 3 aliphatic heterocycles. The second-order valence-electron chi connectivity index (χ2n) is 15.3. The van der Waals surface area contributed by atoms with E-state index < -0.39 is 116 Å². The molecule has 3 aliphatic rings. The molecule has 0 aromatic heterocycles. The molecule has 0 spiro atoms. The van der Waals surface area contributed by atoms with E-state index in [0.29, 0.717) is 18.3 Å². The lowest BCUT2D eigenvalue weighted by Gasteiger charge is -2.45. The molecule has 3 rings (SSSR count). The first-order valence-corrected chi connectivity index (χ1v) is 18.8. The van der Waals surface area contributed by atoms with Crippen molar-refractivity contribution in [3.05, 3.63) is 23.8 Å². The van der Waals surface area contributed by atoms with Crippen LogP contribution in [0, 0.1) is 23.7 Å². The van der Waals surface area contributed by atoms with Crippen LogP contribution in [0.15, 0.2) is 23.8 Å². The summed E-state index contributed by atoms with van der Waals surface area (Å²) in [5.41, 5.74) is 0.675. The van der Waals surface area contributed by atoms with E-state index in [0.717, 1.165) is 4.90 Å². The maximum absolute atomic E-state index is 13.5. The molecule has 0 bridgehead atoms. The van der Waals surface area contributed by atoms with Gasteiger partial charge in [-0.3, -0.25) is 9.59 Å². The fourth-order valence-corrected chi connectivity index (χ4v) is 7.60. The van der Waals surface area contributed by atoms with Crippen LogP contribution in [-0.2, 0) is 42.8 Å². The monoisotopic (exact) mass is 758 g/mol. The van der Waals surface area contributed by atoms with Crippen LogP contribution in [0.1, 0.15) is 67.2 Å². The van der Waals surface area contributed by atoms with E-state index in [4.69, 9.17) is 28.4 Å². The maximum atomic E-state index is 13.5. The number of rotatable bonds is 10. The first-order valence-electron chi connectivity index (χ1n) is 18.8. The fraction of sp³-hybridized carbons (Fsp3) is 0.816. The van der Waals surface area contributed by atoms with Gasteiger partial charge in [0.1, 0.15) is 42.8 Å². The van der Waals surface area contributed by atoms with E-state index in [9.17, 15) is 39.9 Å². The summed E-state index contributed by atoms with van der Waals surface area (Å²) in [4.78, 5) is 39.8. The Hall–Kier alpha value is -2.15. The summed E-state index contributed by atoms with van der Waals surface area (Å²) in [6.07, 6.45) is -6.71. The summed E-state index contributed by atoms with van der Waals surface area (Å²) in [6.45, 7) is 10.2. The van der Waals surface area contributed by atoms with Crippen molar-refractivity contribution in [2.24, 2.45) is 23.7 Å². The zero-order valence-corrected chi connectivity index (χ0v) is 32.6. The Bertz CT molecular complexity index is 1250. The van der Waals surface area contributed by atoms with E-state index in [-0.39, 0.29) is 25.2 Å². The molecule has 0 aromatic rings. The largest absolute Gasteiger partial charge is 0.462 e. The van der Waals surface area contributed by atoms with Crippen LogP contribution in [0.25, 0.3) is 0 Å². The summed E-state index contributed by atoms with van der Waals surface area (Å²) in [6, 6.07) is -0.662. The normalized spacial score (nSPS) is 42.6. The second-order valence-corrected chi connectivity index (χ2v) is 15.3. The number of cyclic esters (lactones) is 1. The Morgan fingerprint density at radius 1 is 0.906 bits per heavy atom. The van der Waals surface area contributed by atoms with Gasteiger partial charge in [-0.1, -0.05) is 38.5 Å². The van der Waals surface area contributed by atoms with Crippen LogP contribution in [0.4, 0.5) is 0 Å². The van der Waals surface area contributed by atoms with Crippen molar-refractivity contribution in [2.45, 2.75) is 147 Å². The molecule has 0 amide bonds. The van der Waals surface area contributed by atoms with Crippen LogP contribution in [0.5, 0.6) is 0 Å². The highest BCUT2D eigenvalue weighted by Gasteiger charge is 2.49.